The highest BCUT2D eigenvalue weighted by atomic mass is 35.5. The summed E-state index contributed by atoms with van der Waals surface area (Å²) in [6.07, 6.45) is 4.08. The second kappa shape index (κ2) is 9.59. The number of benzene rings is 2. The van der Waals surface area contributed by atoms with E-state index in [-0.39, 0.29) is 18.3 Å². The molecule has 1 heterocycles. The van der Waals surface area contributed by atoms with E-state index in [2.05, 4.69) is 35.6 Å². The number of hydrogen-bond donors (Lipinski definition) is 1. The molecule has 1 unspecified atom stereocenters. The van der Waals surface area contributed by atoms with Gasteiger partial charge in [0.15, 0.2) is 0 Å². The number of nitrogens with one attached hydrogen (secondary N) is 1. The van der Waals surface area contributed by atoms with E-state index in [0.29, 0.717) is 6.04 Å². The van der Waals surface area contributed by atoms with Crippen LogP contribution in [0.25, 0.3) is 0 Å². The molecule has 1 fully saturated rings. The summed E-state index contributed by atoms with van der Waals surface area (Å²) >= 11 is 0. The van der Waals surface area contributed by atoms with Gasteiger partial charge in [0.25, 0.3) is 5.91 Å². The number of carbonyl (C=O) groups is 1. The molecule has 0 radical (unpaired) electrons. The Morgan fingerprint density at radius 2 is 1.80 bits per heavy atom. The van der Waals surface area contributed by atoms with Gasteiger partial charge in [0, 0.05) is 24.7 Å². The fourth-order valence-electron chi connectivity index (χ4n) is 3.44. The zero-order valence-corrected chi connectivity index (χ0v) is 15.6. The number of likely N-dealkylation sites (N-methyl/N-ethyl adjacent to an activating group) is 1. The summed E-state index contributed by atoms with van der Waals surface area (Å²) in [6, 6.07) is 19.0. The molecule has 1 amide bonds. The molecule has 1 aliphatic rings. The largest absolute Gasteiger partial charge is 0.337 e. The minimum Gasteiger partial charge on any atom is -0.337 e. The Kier molecular flexibility index (Phi) is 7.48. The second-order valence-electron chi connectivity index (χ2n) is 6.52. The molecule has 3 rings (SSSR count). The molecule has 25 heavy (non-hydrogen) atoms. The van der Waals surface area contributed by atoms with Crippen molar-refractivity contribution in [1.29, 1.82) is 0 Å². The van der Waals surface area contributed by atoms with Crippen molar-refractivity contribution in [3.05, 3.63) is 71.3 Å². The molecule has 4 heteroatoms. The lowest BCUT2D eigenvalue weighted by Crippen LogP contribution is -2.47. The lowest BCUT2D eigenvalue weighted by molar-refractivity contribution is 0.0697. The molecule has 0 spiro atoms. The topological polar surface area (TPSA) is 32.3 Å². The predicted molar refractivity (Wildman–Crippen MR) is 106 cm³/mol. The van der Waals surface area contributed by atoms with Crippen molar-refractivity contribution >= 4 is 18.3 Å². The quantitative estimate of drug-likeness (QED) is 0.883. The molecule has 2 aromatic carbocycles. The zero-order chi connectivity index (χ0) is 16.8. The van der Waals surface area contributed by atoms with Gasteiger partial charge in [-0.1, -0.05) is 48.5 Å². The lowest BCUT2D eigenvalue weighted by Gasteiger charge is -2.33. The Hall–Kier alpha value is -1.84. The maximum atomic E-state index is 13.0. The molecule has 0 aromatic heterocycles. The van der Waals surface area contributed by atoms with E-state index in [1.165, 1.54) is 5.56 Å². The molecule has 1 aliphatic heterocycles. The van der Waals surface area contributed by atoms with Crippen LogP contribution in [0.4, 0.5) is 0 Å². The fourth-order valence-corrected chi connectivity index (χ4v) is 3.44. The van der Waals surface area contributed by atoms with Gasteiger partial charge in [0.05, 0.1) is 0 Å². The fraction of sp³-hybridized carbons (Fsp3) is 0.381. The molecule has 1 N–H and O–H groups in total. The van der Waals surface area contributed by atoms with E-state index in [9.17, 15) is 4.79 Å². The van der Waals surface area contributed by atoms with E-state index < -0.39 is 0 Å². The van der Waals surface area contributed by atoms with Crippen molar-refractivity contribution in [2.75, 3.05) is 20.1 Å². The van der Waals surface area contributed by atoms with Gasteiger partial charge < -0.3 is 10.2 Å². The normalized spacial score (nSPS) is 17.0. The minimum absolute atomic E-state index is 0. The summed E-state index contributed by atoms with van der Waals surface area (Å²) in [7, 11) is 1.98. The van der Waals surface area contributed by atoms with Crippen LogP contribution < -0.4 is 5.32 Å². The third-order valence-electron chi connectivity index (χ3n) is 4.89. The Balaban J connectivity index is 0.00000225. The summed E-state index contributed by atoms with van der Waals surface area (Å²) < 4.78 is 0. The Labute approximate surface area is 156 Å². The van der Waals surface area contributed by atoms with Crippen LogP contribution >= 0.6 is 12.4 Å². The van der Waals surface area contributed by atoms with Gasteiger partial charge in [-0.05, 0) is 49.9 Å². The van der Waals surface area contributed by atoms with Gasteiger partial charge in [-0.15, -0.1) is 12.4 Å². The van der Waals surface area contributed by atoms with Crippen LogP contribution in [0.3, 0.4) is 0 Å². The average Bonchev–Trinajstić information content (AvgIpc) is 2.67. The van der Waals surface area contributed by atoms with Gasteiger partial charge in [-0.3, -0.25) is 4.79 Å². The number of piperidine rings is 1. The summed E-state index contributed by atoms with van der Waals surface area (Å²) in [5, 5.41) is 3.31. The highest BCUT2D eigenvalue weighted by Crippen LogP contribution is 2.18. The molecule has 0 saturated carbocycles. The number of amides is 1. The molecular formula is C21H27ClN2O. The van der Waals surface area contributed by atoms with Crippen molar-refractivity contribution in [2.24, 2.45) is 0 Å². The first kappa shape index (κ1) is 19.5. The molecule has 1 atom stereocenters. The third-order valence-corrected chi connectivity index (χ3v) is 4.89. The standard InChI is InChI=1S/C21H26N2O.ClH/c1-22-19-11-7-15-23(16-19)21(24)20-12-6-5-10-18(20)14-13-17-8-3-2-4-9-17;/h2-6,8-10,12,19,22H,7,11,13-16H2,1H3;1H. The first-order valence-electron chi connectivity index (χ1n) is 8.86. The highest BCUT2D eigenvalue weighted by Gasteiger charge is 2.24. The smallest absolute Gasteiger partial charge is 0.254 e. The maximum Gasteiger partial charge on any atom is 0.254 e. The zero-order valence-electron chi connectivity index (χ0n) is 14.8. The van der Waals surface area contributed by atoms with Crippen molar-refractivity contribution < 1.29 is 4.79 Å². The van der Waals surface area contributed by atoms with Crippen LogP contribution in [-0.4, -0.2) is 37.0 Å². The van der Waals surface area contributed by atoms with Crippen molar-refractivity contribution in [1.82, 2.24) is 10.2 Å². The summed E-state index contributed by atoms with van der Waals surface area (Å²) in [6.45, 7) is 1.67. The van der Waals surface area contributed by atoms with E-state index in [4.69, 9.17) is 0 Å². The average molecular weight is 359 g/mol. The van der Waals surface area contributed by atoms with Crippen LogP contribution in [0.1, 0.15) is 34.3 Å². The SMILES string of the molecule is CNC1CCCN(C(=O)c2ccccc2CCc2ccccc2)C1.Cl. The molecule has 0 aliphatic carbocycles. The third kappa shape index (κ3) is 5.07. The Morgan fingerprint density at radius 1 is 1.08 bits per heavy atom. The van der Waals surface area contributed by atoms with E-state index >= 15 is 0 Å². The number of halogens is 1. The van der Waals surface area contributed by atoms with Crippen LogP contribution in [0.15, 0.2) is 54.6 Å². The number of aryl methyl sites for hydroxylation is 2. The van der Waals surface area contributed by atoms with Crippen LogP contribution in [0.5, 0.6) is 0 Å². The lowest BCUT2D eigenvalue weighted by atomic mass is 9.98. The number of likely N-dealkylation sites (tertiary alicyclic amines) is 1. The number of carbonyl (C=O) groups excluding carboxylic acids is 1. The van der Waals surface area contributed by atoms with Gasteiger partial charge in [-0.25, -0.2) is 0 Å². The van der Waals surface area contributed by atoms with Gasteiger partial charge in [0.2, 0.25) is 0 Å². The predicted octanol–water partition coefficient (Wildman–Crippen LogP) is 3.72. The number of rotatable bonds is 5. The molecule has 0 bridgehead atoms. The van der Waals surface area contributed by atoms with Gasteiger partial charge in [-0.2, -0.15) is 0 Å². The maximum absolute atomic E-state index is 13.0. The summed E-state index contributed by atoms with van der Waals surface area (Å²) in [4.78, 5) is 15.0. The van der Waals surface area contributed by atoms with Crippen LogP contribution in [0.2, 0.25) is 0 Å². The van der Waals surface area contributed by atoms with Crippen molar-refractivity contribution in [3.63, 3.8) is 0 Å². The first-order chi connectivity index (χ1) is 11.8. The molecule has 1 saturated heterocycles. The van der Waals surface area contributed by atoms with Crippen LogP contribution in [-0.2, 0) is 12.8 Å². The summed E-state index contributed by atoms with van der Waals surface area (Å²) in [5.41, 5.74) is 3.33. The molecule has 134 valence electrons. The van der Waals surface area contributed by atoms with Gasteiger partial charge >= 0.3 is 0 Å². The monoisotopic (exact) mass is 358 g/mol. The van der Waals surface area contributed by atoms with Crippen LogP contribution in [0, 0.1) is 0 Å². The van der Waals surface area contributed by atoms with Crippen molar-refractivity contribution in [3.8, 4) is 0 Å². The first-order valence-corrected chi connectivity index (χ1v) is 8.86. The minimum atomic E-state index is 0. The molecule has 2 aromatic rings. The second-order valence-corrected chi connectivity index (χ2v) is 6.52. The van der Waals surface area contributed by atoms with E-state index in [1.807, 2.05) is 36.2 Å². The molecular weight excluding hydrogens is 332 g/mol. The highest BCUT2D eigenvalue weighted by molar-refractivity contribution is 5.95. The van der Waals surface area contributed by atoms with Crippen molar-refractivity contribution in [2.45, 2.75) is 31.7 Å². The van der Waals surface area contributed by atoms with E-state index in [1.54, 1.807) is 0 Å². The van der Waals surface area contributed by atoms with Gasteiger partial charge in [0.1, 0.15) is 0 Å². The number of nitrogens with zero attached hydrogens (tertiary/aromatic N) is 1. The summed E-state index contributed by atoms with van der Waals surface area (Å²) in [5.74, 6) is 0.179. The number of hydrogen-bond acceptors (Lipinski definition) is 2. The Bertz CT molecular complexity index is 675. The molecule has 3 nitrogen and oxygen atoms in total. The van der Waals surface area contributed by atoms with E-state index in [0.717, 1.165) is 49.9 Å². The Morgan fingerprint density at radius 3 is 2.56 bits per heavy atom.